The van der Waals surface area contributed by atoms with Gasteiger partial charge in [-0.3, -0.25) is 4.72 Å². The van der Waals surface area contributed by atoms with E-state index in [-0.39, 0.29) is 5.69 Å². The van der Waals surface area contributed by atoms with Crippen molar-refractivity contribution in [1.82, 2.24) is 9.62 Å². The summed E-state index contributed by atoms with van der Waals surface area (Å²) in [5, 5.41) is 3.22. The van der Waals surface area contributed by atoms with Crippen LogP contribution < -0.4 is 10.0 Å². The van der Waals surface area contributed by atoms with Crippen LogP contribution in [0.4, 0.5) is 10.1 Å². The number of hydrogen-bond donors (Lipinski definition) is 2. The zero-order valence-corrected chi connectivity index (χ0v) is 13.8. The average Bonchev–Trinajstić information content (AvgIpc) is 2.38. The van der Waals surface area contributed by atoms with E-state index in [1.807, 2.05) is 13.8 Å². The highest BCUT2D eigenvalue weighted by Gasteiger charge is 2.19. The summed E-state index contributed by atoms with van der Waals surface area (Å²) in [4.78, 5) is 0. The quantitative estimate of drug-likeness (QED) is 0.722. The van der Waals surface area contributed by atoms with Gasteiger partial charge >= 0.3 is 10.2 Å². The van der Waals surface area contributed by atoms with Gasteiger partial charge in [0.1, 0.15) is 5.82 Å². The lowest BCUT2D eigenvalue weighted by Crippen LogP contribution is -2.35. The van der Waals surface area contributed by atoms with E-state index in [1.54, 1.807) is 19.1 Å². The van der Waals surface area contributed by atoms with Gasteiger partial charge in [0.05, 0.1) is 5.69 Å². The number of para-hydroxylation sites is 1. The normalized spacial score (nSPS) is 12.1. The van der Waals surface area contributed by atoms with Crippen LogP contribution in [-0.4, -0.2) is 38.9 Å². The van der Waals surface area contributed by atoms with Gasteiger partial charge in [0.15, 0.2) is 0 Å². The van der Waals surface area contributed by atoms with Crippen LogP contribution in [-0.2, 0) is 10.2 Å². The van der Waals surface area contributed by atoms with E-state index in [2.05, 4.69) is 10.0 Å². The van der Waals surface area contributed by atoms with Crippen LogP contribution in [0.2, 0.25) is 0 Å². The molecule has 0 aliphatic rings. The molecule has 5 nitrogen and oxygen atoms in total. The minimum Gasteiger partial charge on any atom is -0.314 e. The molecule has 1 aromatic carbocycles. The molecule has 0 saturated heterocycles. The Bertz CT molecular complexity index is 541. The first kappa shape index (κ1) is 17.9. The molecule has 0 aliphatic heterocycles. The maximum Gasteiger partial charge on any atom is 0.301 e. The molecule has 0 aromatic heterocycles. The molecule has 0 bridgehead atoms. The predicted octanol–water partition coefficient (Wildman–Crippen LogP) is 2.11. The van der Waals surface area contributed by atoms with Crippen molar-refractivity contribution in [2.75, 3.05) is 24.9 Å². The third kappa shape index (κ3) is 5.61. The van der Waals surface area contributed by atoms with E-state index >= 15 is 0 Å². The summed E-state index contributed by atoms with van der Waals surface area (Å²) in [6.07, 6.45) is 0.686. The van der Waals surface area contributed by atoms with E-state index in [4.69, 9.17) is 0 Å². The second kappa shape index (κ2) is 7.72. The molecule has 7 heteroatoms. The minimum atomic E-state index is -3.74. The number of rotatable bonds is 8. The van der Waals surface area contributed by atoms with Gasteiger partial charge in [0.2, 0.25) is 0 Å². The number of halogens is 1. The lowest BCUT2D eigenvalue weighted by molar-refractivity contribution is 0.451. The van der Waals surface area contributed by atoms with Crippen molar-refractivity contribution in [3.8, 4) is 0 Å². The molecule has 21 heavy (non-hydrogen) atoms. The number of nitrogens with zero attached hydrogens (tertiary/aromatic N) is 1. The number of aryl methyl sites for hydroxylation is 1. The fourth-order valence-corrected chi connectivity index (χ4v) is 2.82. The molecule has 0 unspecified atom stereocenters. The standard InChI is InChI=1S/C14H24FN3O2S/c1-11(2)16-9-6-10-18(4)21(19,20)17-14-12(3)7-5-8-13(14)15/h5,7-8,11,16-17H,6,9-10H2,1-4H3. The van der Waals surface area contributed by atoms with Crippen LogP contribution in [0.5, 0.6) is 0 Å². The highest BCUT2D eigenvalue weighted by molar-refractivity contribution is 7.90. The van der Waals surface area contributed by atoms with Crippen molar-refractivity contribution in [2.24, 2.45) is 0 Å². The molecule has 0 fully saturated rings. The molecule has 0 radical (unpaired) electrons. The SMILES string of the molecule is Cc1cccc(F)c1NS(=O)(=O)N(C)CCCNC(C)C. The summed E-state index contributed by atoms with van der Waals surface area (Å²) in [5.41, 5.74) is 0.554. The van der Waals surface area contributed by atoms with Crippen molar-refractivity contribution < 1.29 is 12.8 Å². The van der Waals surface area contributed by atoms with Crippen molar-refractivity contribution >= 4 is 15.9 Å². The lowest BCUT2D eigenvalue weighted by atomic mass is 10.2. The van der Waals surface area contributed by atoms with Crippen LogP contribution >= 0.6 is 0 Å². The Balaban J connectivity index is 2.64. The summed E-state index contributed by atoms with van der Waals surface area (Å²) in [5.74, 6) is -0.576. The Hall–Kier alpha value is -1.18. The van der Waals surface area contributed by atoms with Crippen LogP contribution in [0.1, 0.15) is 25.8 Å². The molecule has 1 rings (SSSR count). The fourth-order valence-electron chi connectivity index (χ4n) is 1.78. The molecular formula is C14H24FN3O2S. The molecule has 0 saturated carbocycles. The van der Waals surface area contributed by atoms with Crippen LogP contribution in [0, 0.1) is 12.7 Å². The van der Waals surface area contributed by atoms with Gasteiger partial charge in [-0.15, -0.1) is 0 Å². The first-order valence-electron chi connectivity index (χ1n) is 6.96. The summed E-state index contributed by atoms with van der Waals surface area (Å²) in [6, 6.07) is 4.81. The summed E-state index contributed by atoms with van der Waals surface area (Å²) < 4.78 is 41.5. The Morgan fingerprint density at radius 2 is 2.00 bits per heavy atom. The maximum atomic E-state index is 13.7. The molecular weight excluding hydrogens is 293 g/mol. The topological polar surface area (TPSA) is 61.4 Å². The number of nitrogens with one attached hydrogen (secondary N) is 2. The summed E-state index contributed by atoms with van der Waals surface area (Å²) >= 11 is 0. The Morgan fingerprint density at radius 1 is 1.33 bits per heavy atom. The van der Waals surface area contributed by atoms with E-state index < -0.39 is 16.0 Å². The number of hydrogen-bond acceptors (Lipinski definition) is 3. The minimum absolute atomic E-state index is 0.00431. The largest absolute Gasteiger partial charge is 0.314 e. The molecule has 2 N–H and O–H groups in total. The van der Waals surface area contributed by atoms with Crippen molar-refractivity contribution in [3.05, 3.63) is 29.6 Å². The van der Waals surface area contributed by atoms with Gasteiger partial charge in [-0.2, -0.15) is 12.7 Å². The molecule has 0 amide bonds. The predicted molar refractivity (Wildman–Crippen MR) is 84.1 cm³/mol. The zero-order valence-electron chi connectivity index (χ0n) is 13.0. The van der Waals surface area contributed by atoms with E-state index in [9.17, 15) is 12.8 Å². The van der Waals surface area contributed by atoms with Gasteiger partial charge in [0.25, 0.3) is 0 Å². The van der Waals surface area contributed by atoms with Gasteiger partial charge in [-0.05, 0) is 31.5 Å². The Morgan fingerprint density at radius 3 is 2.57 bits per heavy atom. The molecule has 0 atom stereocenters. The van der Waals surface area contributed by atoms with Gasteiger partial charge < -0.3 is 5.32 Å². The average molecular weight is 317 g/mol. The van der Waals surface area contributed by atoms with Gasteiger partial charge in [0, 0.05) is 19.6 Å². The van der Waals surface area contributed by atoms with Crippen LogP contribution in [0.15, 0.2) is 18.2 Å². The number of benzene rings is 1. The molecule has 1 aromatic rings. The zero-order chi connectivity index (χ0) is 16.0. The summed E-state index contributed by atoms with van der Waals surface area (Å²) in [6.45, 7) is 6.82. The second-order valence-corrected chi connectivity index (χ2v) is 7.10. The monoisotopic (exact) mass is 317 g/mol. The maximum absolute atomic E-state index is 13.7. The highest BCUT2D eigenvalue weighted by atomic mass is 32.2. The van der Waals surface area contributed by atoms with E-state index in [0.29, 0.717) is 24.6 Å². The van der Waals surface area contributed by atoms with E-state index in [1.165, 1.54) is 17.4 Å². The Kier molecular flexibility index (Phi) is 6.57. The molecule has 0 heterocycles. The van der Waals surface area contributed by atoms with Gasteiger partial charge in [-0.25, -0.2) is 4.39 Å². The third-order valence-electron chi connectivity index (χ3n) is 3.07. The first-order chi connectivity index (χ1) is 9.74. The van der Waals surface area contributed by atoms with Crippen LogP contribution in [0.3, 0.4) is 0 Å². The van der Waals surface area contributed by atoms with Crippen molar-refractivity contribution in [2.45, 2.75) is 33.2 Å². The summed E-state index contributed by atoms with van der Waals surface area (Å²) in [7, 11) is -2.26. The lowest BCUT2D eigenvalue weighted by Gasteiger charge is -2.20. The molecule has 0 spiro atoms. The number of anilines is 1. The highest BCUT2D eigenvalue weighted by Crippen LogP contribution is 2.20. The van der Waals surface area contributed by atoms with Crippen molar-refractivity contribution in [3.63, 3.8) is 0 Å². The van der Waals surface area contributed by atoms with E-state index in [0.717, 1.165) is 6.54 Å². The molecule has 120 valence electrons. The fraction of sp³-hybridized carbons (Fsp3) is 0.571. The smallest absolute Gasteiger partial charge is 0.301 e. The molecule has 0 aliphatic carbocycles. The van der Waals surface area contributed by atoms with Gasteiger partial charge in [-0.1, -0.05) is 26.0 Å². The second-order valence-electron chi connectivity index (χ2n) is 5.32. The van der Waals surface area contributed by atoms with Crippen LogP contribution in [0.25, 0.3) is 0 Å². The first-order valence-corrected chi connectivity index (χ1v) is 8.40. The third-order valence-corrected chi connectivity index (χ3v) is 4.53. The Labute approximate surface area is 126 Å². The van der Waals surface area contributed by atoms with Crippen molar-refractivity contribution in [1.29, 1.82) is 0 Å².